The van der Waals surface area contributed by atoms with Crippen molar-refractivity contribution in [2.75, 3.05) is 50.1 Å². The van der Waals surface area contributed by atoms with E-state index in [0.29, 0.717) is 48.4 Å². The molecule has 3 heterocycles. The van der Waals surface area contributed by atoms with Crippen LogP contribution < -0.4 is 36.1 Å². The number of ether oxygens (including phenoxy) is 3. The van der Waals surface area contributed by atoms with E-state index in [0.717, 1.165) is 17.5 Å². The van der Waals surface area contributed by atoms with Gasteiger partial charge >= 0.3 is 6.09 Å². The van der Waals surface area contributed by atoms with Gasteiger partial charge in [0.05, 0.1) is 6.54 Å². The van der Waals surface area contributed by atoms with E-state index < -0.39 is 6.09 Å². The number of anilines is 2. The number of pyridine rings is 1. The van der Waals surface area contributed by atoms with Crippen molar-refractivity contribution in [1.29, 1.82) is 0 Å². The number of nitrogens with one attached hydrogen (secondary N) is 3. The summed E-state index contributed by atoms with van der Waals surface area (Å²) in [7, 11) is 1.55. The van der Waals surface area contributed by atoms with Crippen molar-refractivity contribution < 1.29 is 28.6 Å². The van der Waals surface area contributed by atoms with Crippen molar-refractivity contribution in [2.24, 2.45) is 11.7 Å². The second kappa shape index (κ2) is 11.0. The maximum atomic E-state index is 12.5. The van der Waals surface area contributed by atoms with Gasteiger partial charge in [0.1, 0.15) is 17.7 Å². The molecule has 5 N–H and O–H groups in total. The zero-order chi connectivity index (χ0) is 26.8. The third-order valence-corrected chi connectivity index (χ3v) is 7.18. The fraction of sp³-hybridized carbons (Fsp3) is 0.440. The van der Waals surface area contributed by atoms with E-state index in [4.69, 9.17) is 31.5 Å². The number of halogens is 1. The monoisotopic (exact) mass is 544 g/mol. The molecule has 202 valence electrons. The number of nitrogens with zero attached hydrogens (tertiary/aromatic N) is 2. The fourth-order valence-corrected chi connectivity index (χ4v) is 5.10. The molecule has 13 heteroatoms. The number of hydrogen-bond donors (Lipinski definition) is 4. The molecule has 3 unspecified atom stereocenters. The lowest BCUT2D eigenvalue weighted by Gasteiger charge is -2.19. The van der Waals surface area contributed by atoms with Crippen LogP contribution in [-0.4, -0.2) is 68.9 Å². The van der Waals surface area contributed by atoms with Crippen molar-refractivity contribution in [1.82, 2.24) is 15.6 Å². The molecule has 38 heavy (non-hydrogen) atoms. The summed E-state index contributed by atoms with van der Waals surface area (Å²) >= 11 is 6.48. The average Bonchev–Trinajstić information content (AvgIpc) is 3.44. The van der Waals surface area contributed by atoms with Crippen LogP contribution in [-0.2, 0) is 20.7 Å². The summed E-state index contributed by atoms with van der Waals surface area (Å²) in [4.78, 5) is 41.3. The number of amides is 3. The zero-order valence-electron chi connectivity index (χ0n) is 20.8. The van der Waals surface area contributed by atoms with E-state index >= 15 is 0 Å². The van der Waals surface area contributed by atoms with Crippen molar-refractivity contribution in [2.45, 2.75) is 25.0 Å². The van der Waals surface area contributed by atoms with E-state index in [9.17, 15) is 14.4 Å². The molecule has 1 saturated heterocycles. The average molecular weight is 545 g/mol. The number of hydrogen-bond acceptors (Lipinski definition) is 9. The second-order valence-corrected chi connectivity index (χ2v) is 9.79. The molecule has 12 nitrogen and oxygen atoms in total. The standard InChI is InChI=1S/C25H29ClN6O6/c1-28-21(33)11-36-15-7-17-16(18(26)8-15)6-13(23(17)27)9-29-5-4-14-10-32(25(35)38-14)20-3-2-19-24(30-20)31-22(34)12-37-19/h2-3,7-8,13-14,23,29H,4-6,9-12,27H2,1H3,(H,28,33)(H,30,31,34). The minimum atomic E-state index is -0.483. The van der Waals surface area contributed by atoms with Gasteiger partial charge in [0, 0.05) is 24.7 Å². The van der Waals surface area contributed by atoms with Crippen molar-refractivity contribution in [3.63, 3.8) is 0 Å². The van der Waals surface area contributed by atoms with Gasteiger partial charge < -0.3 is 35.9 Å². The Kier molecular flexibility index (Phi) is 7.54. The van der Waals surface area contributed by atoms with Crippen molar-refractivity contribution >= 4 is 41.1 Å². The van der Waals surface area contributed by atoms with Crippen LogP contribution in [0.15, 0.2) is 24.3 Å². The Bertz CT molecular complexity index is 1260. The highest BCUT2D eigenvalue weighted by molar-refractivity contribution is 6.31. The van der Waals surface area contributed by atoms with Crippen LogP contribution in [0.1, 0.15) is 23.6 Å². The van der Waals surface area contributed by atoms with Crippen LogP contribution in [0.3, 0.4) is 0 Å². The molecule has 1 aromatic heterocycles. The summed E-state index contributed by atoms with van der Waals surface area (Å²) in [6.07, 6.45) is 0.555. The molecule has 0 radical (unpaired) electrons. The molecule has 0 saturated carbocycles. The van der Waals surface area contributed by atoms with Crippen LogP contribution >= 0.6 is 11.6 Å². The summed E-state index contributed by atoms with van der Waals surface area (Å²) in [5.41, 5.74) is 8.45. The molecule has 2 aliphatic heterocycles. The first-order valence-corrected chi connectivity index (χ1v) is 12.7. The van der Waals surface area contributed by atoms with E-state index in [1.807, 2.05) is 6.07 Å². The van der Waals surface area contributed by atoms with Gasteiger partial charge in [-0.25, -0.2) is 9.78 Å². The topological polar surface area (TPSA) is 157 Å². The van der Waals surface area contributed by atoms with Crippen LogP contribution in [0, 0.1) is 5.92 Å². The zero-order valence-corrected chi connectivity index (χ0v) is 21.5. The van der Waals surface area contributed by atoms with Gasteiger partial charge in [0.15, 0.2) is 24.8 Å². The van der Waals surface area contributed by atoms with Gasteiger partial charge in [-0.05, 0) is 60.7 Å². The highest BCUT2D eigenvalue weighted by Gasteiger charge is 2.35. The van der Waals surface area contributed by atoms with E-state index in [1.165, 1.54) is 4.90 Å². The number of carbonyl (C=O) groups is 3. The molecule has 5 rings (SSSR count). The molecule has 3 amide bonds. The van der Waals surface area contributed by atoms with Gasteiger partial charge in [-0.1, -0.05) is 11.6 Å². The maximum Gasteiger partial charge on any atom is 0.415 e. The first-order valence-electron chi connectivity index (χ1n) is 12.4. The summed E-state index contributed by atoms with van der Waals surface area (Å²) in [6, 6.07) is 6.68. The van der Waals surface area contributed by atoms with E-state index in [-0.39, 0.29) is 48.9 Å². The Hall–Kier alpha value is -3.61. The summed E-state index contributed by atoms with van der Waals surface area (Å²) in [6.45, 7) is 1.49. The quantitative estimate of drug-likeness (QED) is 0.342. The van der Waals surface area contributed by atoms with Crippen LogP contribution in [0.25, 0.3) is 0 Å². The number of nitrogens with two attached hydrogens (primary N) is 1. The lowest BCUT2D eigenvalue weighted by molar-refractivity contribution is -0.122. The Morgan fingerprint density at radius 1 is 1.34 bits per heavy atom. The summed E-state index contributed by atoms with van der Waals surface area (Å²) in [5, 5.41) is 9.15. The van der Waals surface area contributed by atoms with Crippen LogP contribution in [0.4, 0.5) is 16.4 Å². The van der Waals surface area contributed by atoms with Gasteiger partial charge in [0.25, 0.3) is 11.8 Å². The highest BCUT2D eigenvalue weighted by Crippen LogP contribution is 2.40. The number of likely N-dealkylation sites (N-methyl/N-ethyl adjacent to an activating group) is 1. The maximum absolute atomic E-state index is 12.5. The number of fused-ring (bicyclic) bond motifs is 2. The van der Waals surface area contributed by atoms with Crippen molar-refractivity contribution in [3.8, 4) is 11.5 Å². The Labute approximate surface area is 224 Å². The van der Waals surface area contributed by atoms with Gasteiger partial charge in [-0.3, -0.25) is 14.5 Å². The number of benzene rings is 1. The number of carbonyl (C=O) groups excluding carboxylic acids is 3. The fourth-order valence-electron chi connectivity index (χ4n) is 4.80. The lowest BCUT2D eigenvalue weighted by Crippen LogP contribution is -2.32. The van der Waals surface area contributed by atoms with Gasteiger partial charge in [-0.2, -0.15) is 0 Å². The minimum absolute atomic E-state index is 0.0612. The molecule has 0 spiro atoms. The van der Waals surface area contributed by atoms with Gasteiger partial charge in [-0.15, -0.1) is 0 Å². The van der Waals surface area contributed by atoms with E-state index in [2.05, 4.69) is 20.9 Å². The molecule has 3 atom stereocenters. The first-order chi connectivity index (χ1) is 18.3. The molecule has 1 fully saturated rings. The molecule has 0 bridgehead atoms. The van der Waals surface area contributed by atoms with Crippen molar-refractivity contribution in [3.05, 3.63) is 40.4 Å². The third kappa shape index (κ3) is 5.47. The molecule has 1 aliphatic carbocycles. The van der Waals surface area contributed by atoms with Crippen LogP contribution in [0.5, 0.6) is 11.5 Å². The third-order valence-electron chi connectivity index (χ3n) is 6.85. The first kappa shape index (κ1) is 26.0. The van der Waals surface area contributed by atoms with Crippen LogP contribution in [0.2, 0.25) is 5.02 Å². The largest absolute Gasteiger partial charge is 0.484 e. The lowest BCUT2D eigenvalue weighted by atomic mass is 10.0. The normalized spacial score (nSPS) is 21.8. The summed E-state index contributed by atoms with van der Waals surface area (Å²) < 4.78 is 16.4. The molecular formula is C25H29ClN6O6. The smallest absolute Gasteiger partial charge is 0.415 e. The highest BCUT2D eigenvalue weighted by atomic mass is 35.5. The van der Waals surface area contributed by atoms with E-state index in [1.54, 1.807) is 25.2 Å². The number of rotatable bonds is 9. The predicted molar refractivity (Wildman–Crippen MR) is 139 cm³/mol. The SMILES string of the molecule is CNC(=O)COc1cc(Cl)c2c(c1)C(N)C(CNCCC1CN(c3ccc4c(n3)NC(=O)CO4)C(=O)O1)C2. The van der Waals surface area contributed by atoms with Gasteiger partial charge in [0.2, 0.25) is 0 Å². The molecule has 3 aliphatic rings. The Morgan fingerprint density at radius 3 is 3.00 bits per heavy atom. The number of aromatic nitrogens is 1. The number of cyclic esters (lactones) is 1. The minimum Gasteiger partial charge on any atom is -0.484 e. The molecule has 2 aromatic rings. The molecule has 1 aromatic carbocycles. The Morgan fingerprint density at radius 2 is 2.18 bits per heavy atom. The predicted octanol–water partition coefficient (Wildman–Crippen LogP) is 1.37. The summed E-state index contributed by atoms with van der Waals surface area (Å²) in [5.74, 6) is 1.26. The molecular weight excluding hydrogens is 516 g/mol. The Balaban J connectivity index is 1.10. The second-order valence-electron chi connectivity index (χ2n) is 9.39.